The fourth-order valence-corrected chi connectivity index (χ4v) is 8.78. The van der Waals surface area contributed by atoms with Crippen LogP contribution in [0.5, 0.6) is 0 Å². The second kappa shape index (κ2) is 47.9. The maximum absolute atomic E-state index is 11.6. The van der Waals surface area contributed by atoms with Crippen LogP contribution < -0.4 is 0 Å². The van der Waals surface area contributed by atoms with E-state index in [0.29, 0.717) is 117 Å². The van der Waals surface area contributed by atoms with E-state index in [-0.39, 0.29) is 84.7 Å². The lowest BCUT2D eigenvalue weighted by atomic mass is 10.2. The molecule has 0 spiro atoms. The zero-order valence-corrected chi connectivity index (χ0v) is 51.7. The van der Waals surface area contributed by atoms with Gasteiger partial charge in [0.25, 0.3) is 0 Å². The molecule has 84 heavy (non-hydrogen) atoms. The summed E-state index contributed by atoms with van der Waals surface area (Å²) in [7, 11) is 0. The van der Waals surface area contributed by atoms with Crippen LogP contribution in [0.4, 0.5) is 0 Å². The molecular formula is C60H102N6O18. The Bertz CT molecular complexity index is 2010. The first-order chi connectivity index (χ1) is 40.4. The SMILES string of the molecule is CCC(=O)OCCCN1CCCC1=O.CCC(=O)OCCCN1CCCCCC1=O.CCC(=O)OCCN1CCCC1=O.CCC(=O)OCCN1CCCCCC1=O.CCC(=O)OCN1CCCC1=O.CCC(=O)OCN1CCCCCC1=O. The standard InChI is InChI=1S/C12H21NO3.C11H19NO3.2C10H17NO3.C9H15NO3.C8H13NO3/c1-2-12(15)16-10-6-9-13-8-5-3-4-7-11(13)14;1-2-11(14)15-9-8-12-7-5-3-4-6-10(12)13;1-2-10(13)14-8-4-7-11-6-3-5-9(11)12;1-2-10(13)14-8-11-7-5-3-4-6-9(11)12;1-2-9(12)13-7-6-10-5-3-4-8(10)11;1-2-8(11)12-6-9-5-3-4-7(9)10/h2-10H2,1H3;2-9H2,1H3;2*2-8H2,1H3;2-7H2,1H3;2-6H2,1H3. The highest BCUT2D eigenvalue weighted by atomic mass is 16.6. The lowest BCUT2D eigenvalue weighted by Crippen LogP contribution is -2.33. The third-order valence-corrected chi connectivity index (χ3v) is 13.9. The van der Waals surface area contributed by atoms with Crippen molar-refractivity contribution in [2.75, 3.05) is 105 Å². The molecule has 0 saturated carbocycles. The number of esters is 6. The van der Waals surface area contributed by atoms with Crippen molar-refractivity contribution >= 4 is 71.3 Å². The van der Waals surface area contributed by atoms with Crippen LogP contribution in [0.2, 0.25) is 0 Å². The van der Waals surface area contributed by atoms with Gasteiger partial charge in [-0.1, -0.05) is 60.8 Å². The molecular weight excluding hydrogens is 1090 g/mol. The highest BCUT2D eigenvalue weighted by Gasteiger charge is 2.23. The number of nitrogens with zero attached hydrogens (tertiary/aromatic N) is 6. The summed E-state index contributed by atoms with van der Waals surface area (Å²) in [4.78, 5) is 143. The van der Waals surface area contributed by atoms with E-state index >= 15 is 0 Å². The van der Waals surface area contributed by atoms with Crippen molar-refractivity contribution < 1.29 is 86.0 Å². The molecule has 6 amide bonds. The monoisotopic (exact) mass is 1190 g/mol. The van der Waals surface area contributed by atoms with E-state index in [1.165, 1.54) is 0 Å². The Morgan fingerprint density at radius 2 is 0.500 bits per heavy atom. The number of carbonyl (C=O) groups is 12. The van der Waals surface area contributed by atoms with Crippen LogP contribution in [-0.4, -0.2) is 206 Å². The maximum atomic E-state index is 11.6. The minimum atomic E-state index is -0.255. The van der Waals surface area contributed by atoms with Gasteiger partial charge in [-0.25, -0.2) is 0 Å². The van der Waals surface area contributed by atoms with Gasteiger partial charge in [0.2, 0.25) is 35.4 Å². The molecule has 0 aromatic carbocycles. The van der Waals surface area contributed by atoms with Crippen LogP contribution in [0, 0.1) is 0 Å². The molecule has 24 nitrogen and oxygen atoms in total. The van der Waals surface area contributed by atoms with E-state index < -0.39 is 0 Å². The number of rotatable bonds is 24. The molecule has 6 fully saturated rings. The van der Waals surface area contributed by atoms with Crippen LogP contribution in [0.3, 0.4) is 0 Å². The summed E-state index contributed by atoms with van der Waals surface area (Å²) < 4.78 is 29.4. The first kappa shape index (κ1) is 75.7. The first-order valence-corrected chi connectivity index (χ1v) is 31.0. The van der Waals surface area contributed by atoms with Gasteiger partial charge in [-0.3, -0.25) is 57.5 Å². The smallest absolute Gasteiger partial charge is 0.307 e. The quantitative estimate of drug-likeness (QED) is 0.0573. The average molecular weight is 1200 g/mol. The minimum absolute atomic E-state index is 0.0823. The van der Waals surface area contributed by atoms with Gasteiger partial charge in [0, 0.05) is 129 Å². The van der Waals surface area contributed by atoms with Crippen molar-refractivity contribution in [1.82, 2.24) is 29.4 Å². The van der Waals surface area contributed by atoms with Crippen molar-refractivity contribution in [3.8, 4) is 0 Å². The van der Waals surface area contributed by atoms with E-state index in [9.17, 15) is 57.5 Å². The summed E-state index contributed by atoms with van der Waals surface area (Å²) in [5.74, 6) is -0.204. The molecule has 0 N–H and O–H groups in total. The fourth-order valence-electron chi connectivity index (χ4n) is 8.78. The van der Waals surface area contributed by atoms with Crippen LogP contribution >= 0.6 is 0 Å². The molecule has 6 aliphatic rings. The van der Waals surface area contributed by atoms with E-state index in [0.717, 1.165) is 142 Å². The molecule has 6 rings (SSSR count). The number of hydrogen-bond donors (Lipinski definition) is 0. The molecule has 0 aliphatic carbocycles. The molecule has 6 heterocycles. The number of ether oxygens (including phenoxy) is 6. The molecule has 0 radical (unpaired) electrons. The van der Waals surface area contributed by atoms with Gasteiger partial charge in [0.15, 0.2) is 13.5 Å². The van der Waals surface area contributed by atoms with Gasteiger partial charge in [-0.2, -0.15) is 0 Å². The highest BCUT2D eigenvalue weighted by molar-refractivity contribution is 5.80. The Kier molecular flexibility index (Phi) is 43.2. The summed E-state index contributed by atoms with van der Waals surface area (Å²) in [6.07, 6.45) is 19.9. The molecule has 0 atom stereocenters. The predicted molar refractivity (Wildman–Crippen MR) is 310 cm³/mol. The van der Waals surface area contributed by atoms with Gasteiger partial charge in [-0.05, 0) is 70.6 Å². The molecule has 6 aliphatic heterocycles. The molecule has 480 valence electrons. The van der Waals surface area contributed by atoms with Crippen molar-refractivity contribution in [2.24, 2.45) is 0 Å². The van der Waals surface area contributed by atoms with Crippen LogP contribution in [0.25, 0.3) is 0 Å². The number of hydrogen-bond acceptors (Lipinski definition) is 18. The summed E-state index contributed by atoms with van der Waals surface area (Å²) in [5.41, 5.74) is 0. The number of carbonyl (C=O) groups excluding carboxylic acids is 12. The van der Waals surface area contributed by atoms with Gasteiger partial charge in [0.05, 0.1) is 26.3 Å². The molecule has 0 aromatic heterocycles. The Hall–Kier alpha value is -6.36. The van der Waals surface area contributed by atoms with Crippen molar-refractivity contribution in [3.05, 3.63) is 0 Å². The van der Waals surface area contributed by atoms with Crippen LogP contribution in [0.15, 0.2) is 0 Å². The highest BCUT2D eigenvalue weighted by Crippen LogP contribution is 2.15. The lowest BCUT2D eigenvalue weighted by Gasteiger charge is -2.20. The van der Waals surface area contributed by atoms with Crippen molar-refractivity contribution in [1.29, 1.82) is 0 Å². The van der Waals surface area contributed by atoms with Crippen molar-refractivity contribution in [2.45, 2.75) is 208 Å². The average Bonchev–Trinajstić information content (AvgIpc) is 4.14. The van der Waals surface area contributed by atoms with Crippen molar-refractivity contribution in [3.63, 3.8) is 0 Å². The zero-order chi connectivity index (χ0) is 62.3. The maximum Gasteiger partial charge on any atom is 0.307 e. The Labute approximate surface area is 498 Å². The molecule has 0 unspecified atom stereocenters. The van der Waals surface area contributed by atoms with Gasteiger partial charge >= 0.3 is 35.8 Å². The second-order valence-corrected chi connectivity index (χ2v) is 20.6. The van der Waals surface area contributed by atoms with Gasteiger partial charge < -0.3 is 57.8 Å². The Balaban J connectivity index is 0.000000505. The Morgan fingerprint density at radius 1 is 0.274 bits per heavy atom. The van der Waals surface area contributed by atoms with E-state index in [2.05, 4.69) is 0 Å². The molecule has 0 bridgehead atoms. The van der Waals surface area contributed by atoms with Gasteiger partial charge in [-0.15, -0.1) is 0 Å². The number of likely N-dealkylation sites (tertiary alicyclic amines) is 6. The van der Waals surface area contributed by atoms with Crippen LogP contribution in [-0.2, 0) is 86.0 Å². The topological polar surface area (TPSA) is 280 Å². The van der Waals surface area contributed by atoms with E-state index in [1.54, 1.807) is 61.1 Å². The first-order valence-electron chi connectivity index (χ1n) is 31.0. The van der Waals surface area contributed by atoms with Gasteiger partial charge in [0.1, 0.15) is 13.2 Å². The predicted octanol–water partition coefficient (Wildman–Crippen LogP) is 6.41. The third kappa shape index (κ3) is 36.4. The molecule has 0 aromatic rings. The second-order valence-electron chi connectivity index (χ2n) is 20.6. The summed E-state index contributed by atoms with van der Waals surface area (Å²) >= 11 is 0. The molecule has 24 heteroatoms. The fraction of sp³-hybridized carbons (Fsp3) is 0.800. The summed E-state index contributed by atoms with van der Waals surface area (Å²) in [6, 6.07) is 0. The van der Waals surface area contributed by atoms with Crippen LogP contribution in [0.1, 0.15) is 208 Å². The third-order valence-electron chi connectivity index (χ3n) is 13.9. The van der Waals surface area contributed by atoms with E-state index in [4.69, 9.17) is 28.4 Å². The minimum Gasteiger partial charge on any atom is -0.466 e. The molecule has 6 saturated heterocycles. The Morgan fingerprint density at radius 3 is 0.786 bits per heavy atom. The lowest BCUT2D eigenvalue weighted by molar-refractivity contribution is -0.153. The zero-order valence-electron chi connectivity index (χ0n) is 51.7. The summed E-state index contributed by atoms with van der Waals surface area (Å²) in [5, 5.41) is 0. The largest absolute Gasteiger partial charge is 0.466 e. The van der Waals surface area contributed by atoms with E-state index in [1.807, 2.05) is 9.80 Å². The number of amides is 6. The normalized spacial score (nSPS) is 16.9. The summed E-state index contributed by atoms with van der Waals surface area (Å²) in [6.45, 7) is 19.6.